The molecule has 0 radical (unpaired) electrons. The second-order valence-corrected chi connectivity index (χ2v) is 4.67. The molecule has 0 aromatic heterocycles. The van der Waals surface area contributed by atoms with Gasteiger partial charge in [-0.3, -0.25) is 4.79 Å². The van der Waals surface area contributed by atoms with E-state index in [0.29, 0.717) is 6.04 Å². The maximum Gasteiger partial charge on any atom is 0.237 e. The van der Waals surface area contributed by atoms with Crippen LogP contribution in [0.5, 0.6) is 0 Å². The zero-order chi connectivity index (χ0) is 9.54. The summed E-state index contributed by atoms with van der Waals surface area (Å²) in [7, 11) is 0. The van der Waals surface area contributed by atoms with Crippen molar-refractivity contribution < 1.29 is 4.79 Å². The third-order valence-corrected chi connectivity index (χ3v) is 3.78. The molecule has 3 fully saturated rings. The molecule has 2 unspecified atom stereocenters. The zero-order valence-electron chi connectivity index (χ0n) is 8.25. The van der Waals surface area contributed by atoms with Crippen LogP contribution in [0.15, 0.2) is 0 Å². The SMILES string of the molecule is O=C(NC1C2CNCC21)[C@@H]1CCCN1. The Labute approximate surface area is 83.8 Å². The van der Waals surface area contributed by atoms with Crippen LogP contribution in [0, 0.1) is 11.8 Å². The van der Waals surface area contributed by atoms with E-state index in [9.17, 15) is 4.79 Å². The minimum Gasteiger partial charge on any atom is -0.351 e. The lowest BCUT2D eigenvalue weighted by Crippen LogP contribution is -2.43. The molecule has 3 aliphatic rings. The van der Waals surface area contributed by atoms with E-state index in [1.165, 1.54) is 0 Å². The zero-order valence-corrected chi connectivity index (χ0v) is 8.25. The molecule has 3 N–H and O–H groups in total. The highest BCUT2D eigenvalue weighted by Gasteiger charge is 2.53. The van der Waals surface area contributed by atoms with E-state index in [1.54, 1.807) is 0 Å². The fourth-order valence-corrected chi connectivity index (χ4v) is 2.81. The lowest BCUT2D eigenvalue weighted by atomic mass is 10.2. The van der Waals surface area contributed by atoms with Crippen molar-refractivity contribution in [2.75, 3.05) is 19.6 Å². The number of fused-ring (bicyclic) bond motifs is 1. The smallest absolute Gasteiger partial charge is 0.237 e. The second-order valence-electron chi connectivity index (χ2n) is 4.67. The molecule has 14 heavy (non-hydrogen) atoms. The Balaban J connectivity index is 1.50. The second kappa shape index (κ2) is 3.21. The lowest BCUT2D eigenvalue weighted by Gasteiger charge is -2.12. The molecular formula is C10H17N3O. The number of hydrogen-bond acceptors (Lipinski definition) is 3. The van der Waals surface area contributed by atoms with E-state index in [4.69, 9.17) is 0 Å². The van der Waals surface area contributed by atoms with Gasteiger partial charge in [0.05, 0.1) is 6.04 Å². The molecule has 3 rings (SSSR count). The highest BCUT2D eigenvalue weighted by atomic mass is 16.2. The Morgan fingerprint density at radius 1 is 1.29 bits per heavy atom. The van der Waals surface area contributed by atoms with Crippen molar-refractivity contribution in [3.05, 3.63) is 0 Å². The summed E-state index contributed by atoms with van der Waals surface area (Å²) in [6, 6.07) is 0.565. The van der Waals surface area contributed by atoms with Crippen LogP contribution in [0.3, 0.4) is 0 Å². The molecule has 0 bridgehead atoms. The maximum atomic E-state index is 11.7. The quantitative estimate of drug-likeness (QED) is 0.534. The van der Waals surface area contributed by atoms with Crippen LogP contribution in [0.1, 0.15) is 12.8 Å². The summed E-state index contributed by atoms with van der Waals surface area (Å²) in [5, 5.41) is 9.71. The van der Waals surface area contributed by atoms with E-state index >= 15 is 0 Å². The summed E-state index contributed by atoms with van der Waals surface area (Å²) >= 11 is 0. The topological polar surface area (TPSA) is 53.2 Å². The average molecular weight is 195 g/mol. The van der Waals surface area contributed by atoms with Crippen molar-refractivity contribution >= 4 is 5.91 Å². The number of amides is 1. The largest absolute Gasteiger partial charge is 0.351 e. The van der Waals surface area contributed by atoms with Crippen molar-refractivity contribution in [2.45, 2.75) is 24.9 Å². The van der Waals surface area contributed by atoms with Crippen molar-refractivity contribution in [3.63, 3.8) is 0 Å². The molecule has 2 saturated heterocycles. The Morgan fingerprint density at radius 2 is 2.07 bits per heavy atom. The summed E-state index contributed by atoms with van der Waals surface area (Å²) < 4.78 is 0. The van der Waals surface area contributed by atoms with Crippen LogP contribution in [0.2, 0.25) is 0 Å². The Morgan fingerprint density at radius 3 is 2.71 bits per heavy atom. The van der Waals surface area contributed by atoms with Gasteiger partial charge in [-0.05, 0) is 31.2 Å². The Bertz CT molecular complexity index is 240. The molecule has 1 saturated carbocycles. The van der Waals surface area contributed by atoms with Crippen molar-refractivity contribution in [2.24, 2.45) is 11.8 Å². The molecule has 4 heteroatoms. The Hall–Kier alpha value is -0.610. The first-order chi connectivity index (χ1) is 6.86. The van der Waals surface area contributed by atoms with Gasteiger partial charge in [0, 0.05) is 19.1 Å². The minimum absolute atomic E-state index is 0.0873. The number of hydrogen-bond donors (Lipinski definition) is 3. The van der Waals surface area contributed by atoms with Gasteiger partial charge in [-0.1, -0.05) is 0 Å². The molecule has 2 aliphatic heterocycles. The third-order valence-electron chi connectivity index (χ3n) is 3.78. The highest BCUT2D eigenvalue weighted by molar-refractivity contribution is 5.82. The number of piperidine rings is 1. The number of carbonyl (C=O) groups is 1. The molecule has 3 atom stereocenters. The first-order valence-corrected chi connectivity index (χ1v) is 5.61. The molecular weight excluding hydrogens is 178 g/mol. The average Bonchev–Trinajstić information content (AvgIpc) is 2.75. The first-order valence-electron chi connectivity index (χ1n) is 5.61. The summed E-state index contributed by atoms with van der Waals surface area (Å²) in [6.07, 6.45) is 2.14. The van der Waals surface area contributed by atoms with Crippen LogP contribution >= 0.6 is 0 Å². The standard InChI is InChI=1S/C10H17N3O/c14-10(8-2-1-3-12-8)13-9-6-4-11-5-7(6)9/h6-9,11-12H,1-5H2,(H,13,14)/t6?,7?,8-,9?/m0/s1. The van der Waals surface area contributed by atoms with Gasteiger partial charge in [0.15, 0.2) is 0 Å². The first kappa shape index (κ1) is 8.68. The summed E-state index contributed by atoms with van der Waals surface area (Å²) in [4.78, 5) is 11.7. The fraction of sp³-hybridized carbons (Fsp3) is 0.900. The minimum atomic E-state index is 0.0873. The van der Waals surface area contributed by atoms with Gasteiger partial charge < -0.3 is 16.0 Å². The lowest BCUT2D eigenvalue weighted by molar-refractivity contribution is -0.123. The Kier molecular flexibility index (Phi) is 1.99. The van der Waals surface area contributed by atoms with E-state index < -0.39 is 0 Å². The normalized spacial score (nSPS) is 44.9. The van der Waals surface area contributed by atoms with Gasteiger partial charge in [-0.15, -0.1) is 0 Å². The van der Waals surface area contributed by atoms with E-state index in [0.717, 1.165) is 44.3 Å². The van der Waals surface area contributed by atoms with Crippen molar-refractivity contribution in [1.29, 1.82) is 0 Å². The van der Waals surface area contributed by atoms with Gasteiger partial charge >= 0.3 is 0 Å². The van der Waals surface area contributed by atoms with Gasteiger partial charge in [0.1, 0.15) is 0 Å². The molecule has 0 aromatic rings. The number of rotatable bonds is 2. The molecule has 0 aromatic carbocycles. The summed E-state index contributed by atoms with van der Waals surface area (Å²) in [6.45, 7) is 3.18. The van der Waals surface area contributed by atoms with Gasteiger partial charge in [-0.2, -0.15) is 0 Å². The van der Waals surface area contributed by atoms with Gasteiger partial charge in [-0.25, -0.2) is 0 Å². The van der Waals surface area contributed by atoms with E-state index in [-0.39, 0.29) is 11.9 Å². The molecule has 0 spiro atoms. The van der Waals surface area contributed by atoms with Crippen LogP contribution in [0.25, 0.3) is 0 Å². The molecule has 1 amide bonds. The predicted molar refractivity (Wildman–Crippen MR) is 52.8 cm³/mol. The van der Waals surface area contributed by atoms with Gasteiger partial charge in [0.2, 0.25) is 5.91 Å². The monoisotopic (exact) mass is 195 g/mol. The fourth-order valence-electron chi connectivity index (χ4n) is 2.81. The molecule has 78 valence electrons. The predicted octanol–water partition coefficient (Wildman–Crippen LogP) is -0.928. The highest BCUT2D eigenvalue weighted by Crippen LogP contribution is 2.41. The van der Waals surface area contributed by atoms with Crippen molar-refractivity contribution in [1.82, 2.24) is 16.0 Å². The van der Waals surface area contributed by atoms with E-state index in [2.05, 4.69) is 16.0 Å². The third kappa shape index (κ3) is 1.33. The van der Waals surface area contributed by atoms with Crippen LogP contribution in [0.4, 0.5) is 0 Å². The number of carbonyl (C=O) groups excluding carboxylic acids is 1. The molecule has 4 nitrogen and oxygen atoms in total. The summed E-state index contributed by atoms with van der Waals surface area (Å²) in [5.41, 5.74) is 0. The van der Waals surface area contributed by atoms with Crippen LogP contribution < -0.4 is 16.0 Å². The molecule has 1 aliphatic carbocycles. The van der Waals surface area contributed by atoms with Crippen LogP contribution in [-0.4, -0.2) is 37.6 Å². The maximum absolute atomic E-state index is 11.7. The summed E-state index contributed by atoms with van der Waals surface area (Å²) in [5.74, 6) is 1.67. The van der Waals surface area contributed by atoms with Crippen LogP contribution in [-0.2, 0) is 4.79 Å². The van der Waals surface area contributed by atoms with Crippen molar-refractivity contribution in [3.8, 4) is 0 Å². The van der Waals surface area contributed by atoms with E-state index in [1.807, 2.05) is 0 Å². The number of nitrogens with one attached hydrogen (secondary N) is 3. The molecule has 2 heterocycles. The van der Waals surface area contributed by atoms with Gasteiger partial charge in [0.25, 0.3) is 0 Å².